The second-order valence-electron chi connectivity index (χ2n) is 1.20. The minimum atomic E-state index is -0.903. The fraction of sp³-hybridized carbons (Fsp3) is 1.00. The van der Waals surface area contributed by atoms with E-state index in [2.05, 4.69) is 10.0 Å². The summed E-state index contributed by atoms with van der Waals surface area (Å²) < 4.78 is 11.4. The lowest BCUT2D eigenvalue weighted by Crippen LogP contribution is -2.10. The summed E-state index contributed by atoms with van der Waals surface area (Å²) in [5.41, 5.74) is 7.68. The maximum absolute atomic E-state index is 11.4. The summed E-state index contributed by atoms with van der Waals surface area (Å²) >= 11 is 0. The molecule has 1 atom stereocenters. The van der Waals surface area contributed by atoms with Crippen molar-refractivity contribution in [3.8, 4) is 0 Å². The smallest absolute Gasteiger partial charge is 0.100 e. The lowest BCUT2D eigenvalue weighted by molar-refractivity contribution is 0.242. The van der Waals surface area contributed by atoms with Gasteiger partial charge in [0.15, 0.2) is 0 Å². The lowest BCUT2D eigenvalue weighted by Gasteiger charge is -1.96. The number of halogens is 1. The van der Waals surface area contributed by atoms with Gasteiger partial charge in [0.05, 0.1) is 12.6 Å². The van der Waals surface area contributed by atoms with Crippen LogP contribution in [0.2, 0.25) is 0 Å². The fourth-order valence-corrected chi connectivity index (χ4v) is 0.189. The first-order valence-corrected chi connectivity index (χ1v) is 2.06. The van der Waals surface area contributed by atoms with Gasteiger partial charge in [0.25, 0.3) is 0 Å². The molecule has 5 heteroatoms. The Labute approximate surface area is 45.6 Å². The monoisotopic (exact) mass is 119 g/mol. The number of azide groups is 1. The summed E-state index contributed by atoms with van der Waals surface area (Å²) in [6.07, 6.45) is 0. The molecule has 1 N–H and O–H groups in total. The van der Waals surface area contributed by atoms with E-state index in [9.17, 15) is 4.39 Å². The van der Waals surface area contributed by atoms with Crippen LogP contribution in [0.5, 0.6) is 0 Å². The molecule has 0 radical (unpaired) electrons. The molecular formula is C3H6FN3O. The Morgan fingerprint density at radius 2 is 2.50 bits per heavy atom. The number of rotatable bonds is 3. The molecule has 0 aromatic rings. The highest BCUT2D eigenvalue weighted by Crippen LogP contribution is 1.89. The molecule has 0 bridgehead atoms. The SMILES string of the molecule is [N-]=[N+]=NC(CO)CF. The van der Waals surface area contributed by atoms with E-state index in [1.807, 2.05) is 0 Å². The number of alkyl halides is 1. The Kier molecular flexibility index (Phi) is 3.93. The number of hydrogen-bond acceptors (Lipinski definition) is 2. The standard InChI is InChI=1S/C3H6FN3O/c4-1-3(2-8)6-7-5/h3,8H,1-2H2. The topological polar surface area (TPSA) is 69.0 Å². The fourth-order valence-electron chi connectivity index (χ4n) is 0.189. The summed E-state index contributed by atoms with van der Waals surface area (Å²) in [6.45, 7) is -1.23. The van der Waals surface area contributed by atoms with Crippen LogP contribution in [0.1, 0.15) is 0 Å². The molecule has 0 aromatic heterocycles. The highest BCUT2D eigenvalue weighted by atomic mass is 19.1. The number of hydrogen-bond donors (Lipinski definition) is 1. The third kappa shape index (κ3) is 2.39. The van der Waals surface area contributed by atoms with Crippen molar-refractivity contribution in [2.75, 3.05) is 13.3 Å². The van der Waals surface area contributed by atoms with Gasteiger partial charge in [0, 0.05) is 4.91 Å². The molecule has 0 rings (SSSR count). The van der Waals surface area contributed by atoms with Crippen molar-refractivity contribution in [3.63, 3.8) is 0 Å². The molecule has 4 nitrogen and oxygen atoms in total. The summed E-state index contributed by atoms with van der Waals surface area (Å²) in [5.74, 6) is 0. The zero-order chi connectivity index (χ0) is 6.41. The largest absolute Gasteiger partial charge is 0.396 e. The van der Waals surface area contributed by atoms with Gasteiger partial charge in [-0.05, 0) is 5.53 Å². The van der Waals surface area contributed by atoms with Gasteiger partial charge < -0.3 is 5.11 Å². The molecule has 0 amide bonds. The van der Waals surface area contributed by atoms with Crippen LogP contribution in [0, 0.1) is 0 Å². The van der Waals surface area contributed by atoms with E-state index < -0.39 is 19.3 Å². The Morgan fingerprint density at radius 1 is 1.88 bits per heavy atom. The van der Waals surface area contributed by atoms with Gasteiger partial charge in [-0.15, -0.1) is 0 Å². The van der Waals surface area contributed by atoms with Crippen LogP contribution >= 0.6 is 0 Å². The first-order valence-electron chi connectivity index (χ1n) is 2.06. The normalized spacial score (nSPS) is 12.2. The summed E-state index contributed by atoms with van der Waals surface area (Å²) in [6, 6.07) is -0.903. The van der Waals surface area contributed by atoms with Gasteiger partial charge >= 0.3 is 0 Å². The Hall–Kier alpha value is -0.800. The van der Waals surface area contributed by atoms with E-state index in [1.165, 1.54) is 0 Å². The van der Waals surface area contributed by atoms with Crippen molar-refractivity contribution in [2.45, 2.75) is 6.04 Å². The molecule has 0 spiro atoms. The highest BCUT2D eigenvalue weighted by molar-refractivity contribution is 4.62. The first-order chi connectivity index (χ1) is 3.85. The highest BCUT2D eigenvalue weighted by Gasteiger charge is 2.00. The van der Waals surface area contributed by atoms with Crippen LogP contribution < -0.4 is 0 Å². The van der Waals surface area contributed by atoms with Gasteiger partial charge in [-0.3, -0.25) is 4.39 Å². The Bertz CT molecular complexity index is 96.7. The van der Waals surface area contributed by atoms with Crippen molar-refractivity contribution in [1.29, 1.82) is 0 Å². The molecule has 1 unspecified atom stereocenters. The van der Waals surface area contributed by atoms with E-state index in [0.29, 0.717) is 0 Å². The van der Waals surface area contributed by atoms with Crippen molar-refractivity contribution >= 4 is 0 Å². The minimum Gasteiger partial charge on any atom is -0.396 e. The van der Waals surface area contributed by atoms with E-state index in [0.717, 1.165) is 0 Å². The van der Waals surface area contributed by atoms with Crippen LogP contribution in [0.25, 0.3) is 10.4 Å². The van der Waals surface area contributed by atoms with Crippen molar-refractivity contribution in [1.82, 2.24) is 0 Å². The van der Waals surface area contributed by atoms with Crippen molar-refractivity contribution < 1.29 is 9.50 Å². The average Bonchev–Trinajstić information content (AvgIpc) is 1.83. The molecule has 46 valence electrons. The zero-order valence-electron chi connectivity index (χ0n) is 4.16. The molecule has 8 heavy (non-hydrogen) atoms. The molecule has 0 aliphatic carbocycles. The summed E-state index contributed by atoms with van der Waals surface area (Å²) in [5, 5.41) is 11.1. The number of aliphatic hydroxyl groups is 1. The van der Waals surface area contributed by atoms with E-state index in [-0.39, 0.29) is 0 Å². The summed E-state index contributed by atoms with van der Waals surface area (Å²) in [7, 11) is 0. The van der Waals surface area contributed by atoms with E-state index >= 15 is 0 Å². The van der Waals surface area contributed by atoms with Crippen LogP contribution in [0.15, 0.2) is 5.11 Å². The third-order valence-corrected chi connectivity index (χ3v) is 0.604. The van der Waals surface area contributed by atoms with Gasteiger partial charge in [0.1, 0.15) is 6.67 Å². The molecule has 0 saturated heterocycles. The molecule has 0 aliphatic heterocycles. The summed E-state index contributed by atoms with van der Waals surface area (Å²) in [4.78, 5) is 2.30. The lowest BCUT2D eigenvalue weighted by atomic mass is 10.4. The second kappa shape index (κ2) is 4.36. The van der Waals surface area contributed by atoms with Crippen molar-refractivity contribution in [2.24, 2.45) is 5.11 Å². The molecule has 0 fully saturated rings. The quantitative estimate of drug-likeness (QED) is 0.330. The van der Waals surface area contributed by atoms with E-state index in [4.69, 9.17) is 10.6 Å². The predicted molar refractivity (Wildman–Crippen MR) is 26.0 cm³/mol. The first kappa shape index (κ1) is 7.20. The number of nitrogens with zero attached hydrogens (tertiary/aromatic N) is 3. The van der Waals surface area contributed by atoms with Crippen LogP contribution in [0.4, 0.5) is 4.39 Å². The van der Waals surface area contributed by atoms with Gasteiger partial charge in [-0.25, -0.2) is 0 Å². The maximum Gasteiger partial charge on any atom is 0.100 e. The van der Waals surface area contributed by atoms with Crippen LogP contribution in [-0.2, 0) is 0 Å². The Balaban J connectivity index is 3.52. The van der Waals surface area contributed by atoms with Crippen LogP contribution in [0.3, 0.4) is 0 Å². The molecular weight excluding hydrogens is 113 g/mol. The van der Waals surface area contributed by atoms with Gasteiger partial charge in [-0.2, -0.15) is 0 Å². The maximum atomic E-state index is 11.4. The van der Waals surface area contributed by atoms with E-state index in [1.54, 1.807) is 0 Å². The third-order valence-electron chi connectivity index (χ3n) is 0.604. The van der Waals surface area contributed by atoms with Gasteiger partial charge in [0.2, 0.25) is 0 Å². The molecule has 0 saturated carbocycles. The number of aliphatic hydroxyl groups excluding tert-OH is 1. The minimum absolute atomic E-state index is 0.430. The van der Waals surface area contributed by atoms with Gasteiger partial charge in [-0.1, -0.05) is 5.11 Å². The average molecular weight is 119 g/mol. The Morgan fingerprint density at radius 3 is 2.62 bits per heavy atom. The molecule has 0 aromatic carbocycles. The van der Waals surface area contributed by atoms with Crippen LogP contribution in [-0.4, -0.2) is 24.4 Å². The second-order valence-corrected chi connectivity index (χ2v) is 1.20. The predicted octanol–water partition coefficient (Wildman–Crippen LogP) is 0.627. The molecule has 0 aliphatic rings. The molecule has 0 heterocycles. The van der Waals surface area contributed by atoms with Crippen molar-refractivity contribution in [3.05, 3.63) is 10.4 Å². The zero-order valence-corrected chi connectivity index (χ0v) is 4.16.